The lowest BCUT2D eigenvalue weighted by Crippen LogP contribution is -2.51. The Morgan fingerprint density at radius 3 is 2.52 bits per heavy atom. The molecule has 3 heteroatoms. The van der Waals surface area contributed by atoms with Crippen LogP contribution >= 0.6 is 11.3 Å². The van der Waals surface area contributed by atoms with Crippen molar-refractivity contribution in [2.45, 2.75) is 50.2 Å². The first-order valence-corrected chi connectivity index (χ1v) is 10.9. The highest BCUT2D eigenvalue weighted by Gasteiger charge is 2.37. The van der Waals surface area contributed by atoms with Crippen molar-refractivity contribution < 1.29 is 0 Å². The predicted molar refractivity (Wildman–Crippen MR) is 117 cm³/mol. The van der Waals surface area contributed by atoms with E-state index >= 15 is 0 Å². The fourth-order valence-electron chi connectivity index (χ4n) is 4.51. The van der Waals surface area contributed by atoms with Crippen LogP contribution in [-0.4, -0.2) is 30.6 Å². The van der Waals surface area contributed by atoms with Crippen molar-refractivity contribution in [2.24, 2.45) is 0 Å². The highest BCUT2D eigenvalue weighted by Crippen LogP contribution is 2.35. The van der Waals surface area contributed by atoms with E-state index < -0.39 is 0 Å². The number of nitrogens with one attached hydrogen (secondary N) is 1. The summed E-state index contributed by atoms with van der Waals surface area (Å²) in [5, 5.41) is 7.37. The Balaban J connectivity index is 1.35. The molecule has 0 amide bonds. The van der Waals surface area contributed by atoms with Gasteiger partial charge in [0, 0.05) is 22.8 Å². The molecule has 0 aliphatic heterocycles. The van der Waals surface area contributed by atoms with Crippen molar-refractivity contribution in [3.63, 3.8) is 0 Å². The predicted octanol–water partition coefficient (Wildman–Crippen LogP) is 5.48. The highest BCUT2D eigenvalue weighted by atomic mass is 32.1. The summed E-state index contributed by atoms with van der Waals surface area (Å²) in [5.74, 6) is 0. The average Bonchev–Trinajstić information content (AvgIpc) is 3.16. The van der Waals surface area contributed by atoms with E-state index in [0.29, 0.717) is 11.6 Å². The van der Waals surface area contributed by atoms with Gasteiger partial charge < -0.3 is 10.2 Å². The molecule has 27 heavy (non-hydrogen) atoms. The molecule has 0 radical (unpaired) electrons. The van der Waals surface area contributed by atoms with Gasteiger partial charge in [-0.2, -0.15) is 0 Å². The second-order valence-electron chi connectivity index (χ2n) is 8.23. The summed E-state index contributed by atoms with van der Waals surface area (Å²) in [4.78, 5) is 2.47. The van der Waals surface area contributed by atoms with E-state index in [2.05, 4.69) is 84.3 Å². The molecule has 4 rings (SSSR count). The van der Waals surface area contributed by atoms with Crippen molar-refractivity contribution in [3.05, 3.63) is 71.1 Å². The van der Waals surface area contributed by atoms with Crippen LogP contribution in [0.2, 0.25) is 0 Å². The van der Waals surface area contributed by atoms with Gasteiger partial charge in [0.25, 0.3) is 0 Å². The van der Waals surface area contributed by atoms with Gasteiger partial charge in [-0.1, -0.05) is 36.4 Å². The topological polar surface area (TPSA) is 15.3 Å². The average molecular weight is 379 g/mol. The molecule has 1 N–H and O–H groups in total. The second kappa shape index (κ2) is 8.14. The molecule has 1 saturated carbocycles. The molecule has 0 saturated heterocycles. The molecule has 0 unspecified atom stereocenters. The van der Waals surface area contributed by atoms with Gasteiger partial charge in [0.05, 0.1) is 0 Å². The Morgan fingerprint density at radius 1 is 1.00 bits per heavy atom. The molecule has 0 atom stereocenters. The van der Waals surface area contributed by atoms with E-state index in [-0.39, 0.29) is 0 Å². The van der Waals surface area contributed by atoms with Gasteiger partial charge in [0.1, 0.15) is 0 Å². The maximum absolute atomic E-state index is 3.82. The molecular weight excluding hydrogens is 348 g/mol. The SMILES string of the molecule is CN(C)C1(Cc2ccccc2)CCC(NCc2ccc3sccc3c2)CC1. The standard InChI is InChI=1S/C24H30N2S/c1-26(2)24(17-19-6-4-3-5-7-19)13-10-22(11-14-24)25-18-20-8-9-23-21(16-20)12-15-27-23/h3-9,12,15-16,22,25H,10-11,13-14,17-18H2,1-2H3. The van der Waals surface area contributed by atoms with Crippen LogP contribution in [0, 0.1) is 0 Å². The largest absolute Gasteiger partial charge is 0.310 e. The molecule has 2 nitrogen and oxygen atoms in total. The van der Waals surface area contributed by atoms with E-state index in [4.69, 9.17) is 0 Å². The molecule has 3 aromatic rings. The molecule has 1 aromatic heterocycles. The summed E-state index contributed by atoms with van der Waals surface area (Å²) in [7, 11) is 4.51. The molecule has 0 bridgehead atoms. The summed E-state index contributed by atoms with van der Waals surface area (Å²) in [6.07, 6.45) is 6.19. The third-order valence-corrected chi connectivity index (χ3v) is 7.25. The van der Waals surface area contributed by atoms with E-state index in [1.807, 2.05) is 11.3 Å². The van der Waals surface area contributed by atoms with Crippen LogP contribution in [0.5, 0.6) is 0 Å². The lowest BCUT2D eigenvalue weighted by atomic mass is 9.75. The van der Waals surface area contributed by atoms with Crippen LogP contribution in [0.15, 0.2) is 60.0 Å². The summed E-state index contributed by atoms with van der Waals surface area (Å²) in [5.41, 5.74) is 3.16. The maximum atomic E-state index is 3.82. The van der Waals surface area contributed by atoms with Crippen LogP contribution in [0.1, 0.15) is 36.8 Å². The Hall–Kier alpha value is -1.68. The summed E-state index contributed by atoms with van der Waals surface area (Å²) < 4.78 is 1.38. The third kappa shape index (κ3) is 4.26. The van der Waals surface area contributed by atoms with Gasteiger partial charge in [-0.05, 0) is 86.3 Å². The number of rotatable bonds is 6. The second-order valence-corrected chi connectivity index (χ2v) is 9.18. The number of likely N-dealkylation sites (N-methyl/N-ethyl adjacent to an activating group) is 1. The minimum atomic E-state index is 0.301. The first kappa shape index (κ1) is 18.7. The van der Waals surface area contributed by atoms with Gasteiger partial charge in [-0.25, -0.2) is 0 Å². The Bertz CT molecular complexity index is 860. The highest BCUT2D eigenvalue weighted by molar-refractivity contribution is 7.17. The lowest BCUT2D eigenvalue weighted by molar-refractivity contribution is 0.0871. The minimum absolute atomic E-state index is 0.301. The fraction of sp³-hybridized carbons (Fsp3) is 0.417. The molecule has 1 heterocycles. The van der Waals surface area contributed by atoms with Crippen molar-refractivity contribution >= 4 is 21.4 Å². The number of thiophene rings is 1. The van der Waals surface area contributed by atoms with Gasteiger partial charge in [-0.3, -0.25) is 0 Å². The maximum Gasteiger partial charge on any atom is 0.0342 e. The van der Waals surface area contributed by atoms with Crippen LogP contribution in [0.25, 0.3) is 10.1 Å². The summed E-state index contributed by atoms with van der Waals surface area (Å²) in [6, 6.07) is 20.7. The van der Waals surface area contributed by atoms with Gasteiger partial charge in [-0.15, -0.1) is 11.3 Å². The molecule has 0 spiro atoms. The van der Waals surface area contributed by atoms with Crippen molar-refractivity contribution in [3.8, 4) is 0 Å². The molecule has 1 aliphatic rings. The first-order valence-electron chi connectivity index (χ1n) is 10.1. The van der Waals surface area contributed by atoms with Crippen LogP contribution in [0.4, 0.5) is 0 Å². The normalized spacial score (nSPS) is 23.1. The monoisotopic (exact) mass is 378 g/mol. The van der Waals surface area contributed by atoms with E-state index in [1.54, 1.807) is 0 Å². The zero-order chi connectivity index (χ0) is 18.7. The van der Waals surface area contributed by atoms with Crippen LogP contribution < -0.4 is 5.32 Å². The zero-order valence-electron chi connectivity index (χ0n) is 16.4. The zero-order valence-corrected chi connectivity index (χ0v) is 17.3. The molecule has 2 aromatic carbocycles. The minimum Gasteiger partial charge on any atom is -0.310 e. The van der Waals surface area contributed by atoms with Crippen molar-refractivity contribution in [2.75, 3.05) is 14.1 Å². The van der Waals surface area contributed by atoms with E-state index in [9.17, 15) is 0 Å². The Labute approximate surface area is 167 Å². The van der Waals surface area contributed by atoms with E-state index in [1.165, 1.54) is 46.9 Å². The molecular formula is C24H30N2S. The number of nitrogens with zero attached hydrogens (tertiary/aromatic N) is 1. The van der Waals surface area contributed by atoms with E-state index in [0.717, 1.165) is 13.0 Å². The van der Waals surface area contributed by atoms with Crippen molar-refractivity contribution in [1.82, 2.24) is 10.2 Å². The lowest BCUT2D eigenvalue weighted by Gasteiger charge is -2.45. The quantitative estimate of drug-likeness (QED) is 0.611. The van der Waals surface area contributed by atoms with Crippen LogP contribution in [0.3, 0.4) is 0 Å². The Morgan fingerprint density at radius 2 is 1.78 bits per heavy atom. The molecule has 142 valence electrons. The van der Waals surface area contributed by atoms with Gasteiger partial charge >= 0.3 is 0 Å². The smallest absolute Gasteiger partial charge is 0.0342 e. The number of hydrogen-bond donors (Lipinski definition) is 1. The van der Waals surface area contributed by atoms with Gasteiger partial charge in [0.15, 0.2) is 0 Å². The number of benzene rings is 2. The molecule has 1 aliphatic carbocycles. The first-order chi connectivity index (χ1) is 13.1. The van der Waals surface area contributed by atoms with Gasteiger partial charge in [0.2, 0.25) is 0 Å². The molecule has 1 fully saturated rings. The third-order valence-electron chi connectivity index (χ3n) is 6.35. The summed E-state index contributed by atoms with van der Waals surface area (Å²) >= 11 is 1.82. The Kier molecular flexibility index (Phi) is 5.63. The number of fused-ring (bicyclic) bond motifs is 1. The summed E-state index contributed by atoms with van der Waals surface area (Å²) in [6.45, 7) is 0.976. The number of hydrogen-bond acceptors (Lipinski definition) is 3. The fourth-order valence-corrected chi connectivity index (χ4v) is 5.28. The van der Waals surface area contributed by atoms with Crippen molar-refractivity contribution in [1.29, 1.82) is 0 Å². The van der Waals surface area contributed by atoms with Crippen LogP contribution in [-0.2, 0) is 13.0 Å².